The summed E-state index contributed by atoms with van der Waals surface area (Å²) >= 11 is 0. The number of aromatic nitrogens is 1. The first kappa shape index (κ1) is 19.7. The van der Waals surface area contributed by atoms with Crippen LogP contribution in [0.3, 0.4) is 0 Å². The minimum atomic E-state index is -0.262. The summed E-state index contributed by atoms with van der Waals surface area (Å²) in [6.07, 6.45) is 1.47. The first-order valence-corrected chi connectivity index (χ1v) is 9.63. The number of nitrogens with zero attached hydrogens (tertiary/aromatic N) is 4. The van der Waals surface area contributed by atoms with Crippen LogP contribution < -0.4 is 9.80 Å². The lowest BCUT2D eigenvalue weighted by Gasteiger charge is -2.35. The molecule has 0 aliphatic carbocycles. The molecule has 0 radical (unpaired) electrons. The second-order valence-electron chi connectivity index (χ2n) is 6.46. The van der Waals surface area contributed by atoms with Crippen molar-refractivity contribution >= 4 is 23.4 Å². The average molecular weight is 382 g/mol. The number of hydrogen-bond acceptors (Lipinski definition) is 5. The zero-order valence-electron chi connectivity index (χ0n) is 16.4. The molecule has 28 heavy (non-hydrogen) atoms. The van der Waals surface area contributed by atoms with Crippen molar-refractivity contribution in [3.8, 4) is 0 Å². The van der Waals surface area contributed by atoms with Gasteiger partial charge in [0, 0.05) is 38.4 Å². The molecule has 1 saturated heterocycles. The van der Waals surface area contributed by atoms with E-state index in [9.17, 15) is 9.59 Å². The number of piperazine rings is 1. The summed E-state index contributed by atoms with van der Waals surface area (Å²) in [5.74, 6) is -0.118. The van der Waals surface area contributed by atoms with Gasteiger partial charge in [-0.05, 0) is 38.1 Å². The van der Waals surface area contributed by atoms with Crippen molar-refractivity contribution in [3.05, 3.63) is 54.4 Å². The average Bonchev–Trinajstić information content (AvgIpc) is 2.75. The van der Waals surface area contributed by atoms with E-state index in [0.29, 0.717) is 45.0 Å². The van der Waals surface area contributed by atoms with Crippen molar-refractivity contribution in [1.29, 1.82) is 0 Å². The van der Waals surface area contributed by atoms with Crippen LogP contribution in [0.1, 0.15) is 24.3 Å². The van der Waals surface area contributed by atoms with Gasteiger partial charge in [0.05, 0.1) is 18.5 Å². The highest BCUT2D eigenvalue weighted by Crippen LogP contribution is 2.19. The molecule has 1 aromatic heterocycles. The van der Waals surface area contributed by atoms with E-state index < -0.39 is 0 Å². The van der Waals surface area contributed by atoms with E-state index >= 15 is 0 Å². The van der Waals surface area contributed by atoms with Gasteiger partial charge >= 0.3 is 6.09 Å². The number of carbonyl (C=O) groups is 2. The maximum Gasteiger partial charge on any atom is 0.409 e. The molecule has 7 heteroatoms. The molecular formula is C21H26N4O3. The zero-order chi connectivity index (χ0) is 19.9. The molecule has 1 aliphatic rings. The Morgan fingerprint density at radius 3 is 2.32 bits per heavy atom. The molecule has 0 spiro atoms. The highest BCUT2D eigenvalue weighted by molar-refractivity contribution is 6.04. The molecule has 3 rings (SSSR count). The van der Waals surface area contributed by atoms with Crippen molar-refractivity contribution in [2.75, 3.05) is 49.1 Å². The van der Waals surface area contributed by atoms with Gasteiger partial charge in [-0.25, -0.2) is 9.78 Å². The quantitative estimate of drug-likeness (QED) is 0.795. The van der Waals surface area contributed by atoms with Crippen LogP contribution in [0.15, 0.2) is 48.7 Å². The molecule has 0 atom stereocenters. The molecule has 7 nitrogen and oxygen atoms in total. The van der Waals surface area contributed by atoms with Crippen LogP contribution >= 0.6 is 0 Å². The fourth-order valence-corrected chi connectivity index (χ4v) is 3.25. The minimum absolute atomic E-state index is 0.118. The number of benzene rings is 1. The Morgan fingerprint density at radius 2 is 1.75 bits per heavy atom. The Bertz CT molecular complexity index is 787. The van der Waals surface area contributed by atoms with E-state index in [4.69, 9.17) is 4.74 Å². The van der Waals surface area contributed by atoms with Gasteiger partial charge in [0.25, 0.3) is 5.91 Å². The summed E-state index contributed by atoms with van der Waals surface area (Å²) in [7, 11) is 0. The number of ether oxygens (including phenoxy) is 1. The number of rotatable bonds is 5. The highest BCUT2D eigenvalue weighted by atomic mass is 16.6. The van der Waals surface area contributed by atoms with Gasteiger partial charge in [-0.2, -0.15) is 0 Å². The third-order valence-corrected chi connectivity index (χ3v) is 4.77. The van der Waals surface area contributed by atoms with Crippen LogP contribution in [-0.2, 0) is 4.74 Å². The number of hydrogen-bond donors (Lipinski definition) is 0. The second-order valence-corrected chi connectivity index (χ2v) is 6.46. The van der Waals surface area contributed by atoms with Gasteiger partial charge in [0.1, 0.15) is 5.69 Å². The summed E-state index contributed by atoms with van der Waals surface area (Å²) in [4.78, 5) is 34.6. The topological polar surface area (TPSA) is 66.0 Å². The first-order chi connectivity index (χ1) is 13.6. The lowest BCUT2D eigenvalue weighted by atomic mass is 10.2. The fraction of sp³-hybridized carbons (Fsp3) is 0.381. The van der Waals surface area contributed by atoms with E-state index in [1.165, 1.54) is 0 Å². The summed E-state index contributed by atoms with van der Waals surface area (Å²) in [6.45, 7) is 7.34. The molecule has 1 aromatic carbocycles. The Hall–Kier alpha value is -3.09. The maximum absolute atomic E-state index is 12.8. The highest BCUT2D eigenvalue weighted by Gasteiger charge is 2.23. The number of para-hydroxylation sites is 1. The molecule has 0 unspecified atom stereocenters. The fourth-order valence-electron chi connectivity index (χ4n) is 3.25. The number of anilines is 2. The maximum atomic E-state index is 12.8. The van der Waals surface area contributed by atoms with E-state index in [2.05, 4.69) is 9.88 Å². The summed E-state index contributed by atoms with van der Waals surface area (Å²) in [5.41, 5.74) is 2.22. The van der Waals surface area contributed by atoms with Crippen molar-refractivity contribution in [1.82, 2.24) is 9.88 Å². The Kier molecular flexibility index (Phi) is 6.47. The van der Waals surface area contributed by atoms with Crippen LogP contribution in [0.2, 0.25) is 0 Å². The SMILES string of the molecule is CCOC(=O)N1CCN(c2ccc(C(=O)N(CC)c3ccccc3)nc2)CC1. The van der Waals surface area contributed by atoms with Gasteiger partial charge < -0.3 is 19.4 Å². The van der Waals surface area contributed by atoms with Gasteiger partial charge in [-0.1, -0.05) is 18.2 Å². The van der Waals surface area contributed by atoms with Crippen molar-refractivity contribution in [3.63, 3.8) is 0 Å². The zero-order valence-corrected chi connectivity index (χ0v) is 16.4. The first-order valence-electron chi connectivity index (χ1n) is 9.63. The monoisotopic (exact) mass is 382 g/mol. The van der Waals surface area contributed by atoms with Crippen LogP contribution in [0.25, 0.3) is 0 Å². The third kappa shape index (κ3) is 4.42. The summed E-state index contributed by atoms with van der Waals surface area (Å²) in [6, 6.07) is 13.3. The van der Waals surface area contributed by atoms with E-state index in [-0.39, 0.29) is 12.0 Å². The number of pyridine rings is 1. The molecule has 1 fully saturated rings. The van der Waals surface area contributed by atoms with Crippen molar-refractivity contribution < 1.29 is 14.3 Å². The lowest BCUT2D eigenvalue weighted by molar-refractivity contribution is 0.0982. The Balaban J connectivity index is 1.64. The minimum Gasteiger partial charge on any atom is -0.450 e. The van der Waals surface area contributed by atoms with Gasteiger partial charge in [0.15, 0.2) is 0 Å². The predicted molar refractivity (Wildman–Crippen MR) is 109 cm³/mol. The van der Waals surface area contributed by atoms with Crippen LogP contribution in [0.5, 0.6) is 0 Å². The lowest BCUT2D eigenvalue weighted by Crippen LogP contribution is -2.49. The van der Waals surface area contributed by atoms with E-state index in [1.807, 2.05) is 43.3 Å². The summed E-state index contributed by atoms with van der Waals surface area (Å²) in [5, 5.41) is 0. The van der Waals surface area contributed by atoms with Crippen LogP contribution in [0.4, 0.5) is 16.2 Å². The molecule has 0 saturated carbocycles. The van der Waals surface area contributed by atoms with E-state index in [1.54, 1.807) is 29.0 Å². The molecule has 0 N–H and O–H groups in total. The van der Waals surface area contributed by atoms with Gasteiger partial charge in [-0.3, -0.25) is 4.79 Å². The smallest absolute Gasteiger partial charge is 0.409 e. The van der Waals surface area contributed by atoms with Crippen LogP contribution in [0, 0.1) is 0 Å². The normalized spacial score (nSPS) is 13.9. The molecule has 1 aliphatic heterocycles. The van der Waals surface area contributed by atoms with Gasteiger partial charge in [-0.15, -0.1) is 0 Å². The Labute approximate surface area is 165 Å². The molecular weight excluding hydrogens is 356 g/mol. The molecule has 2 aromatic rings. The Morgan fingerprint density at radius 1 is 1.04 bits per heavy atom. The molecule has 2 amide bonds. The standard InChI is InChI=1S/C21H26N4O3/c1-3-25(17-8-6-5-7-9-17)20(26)19-11-10-18(16-22-19)23-12-14-24(15-13-23)21(27)28-4-2/h5-11,16H,3-4,12-15H2,1-2H3. The van der Waals surface area contributed by atoms with Crippen LogP contribution in [-0.4, -0.2) is 61.2 Å². The van der Waals surface area contributed by atoms with Gasteiger partial charge in [0.2, 0.25) is 0 Å². The number of carbonyl (C=O) groups excluding carboxylic acids is 2. The third-order valence-electron chi connectivity index (χ3n) is 4.77. The van der Waals surface area contributed by atoms with Crippen molar-refractivity contribution in [2.45, 2.75) is 13.8 Å². The largest absolute Gasteiger partial charge is 0.450 e. The van der Waals surface area contributed by atoms with E-state index in [0.717, 1.165) is 11.4 Å². The molecule has 0 bridgehead atoms. The molecule has 148 valence electrons. The predicted octanol–water partition coefficient (Wildman–Crippen LogP) is 3.03. The second kappa shape index (κ2) is 9.21. The van der Waals surface area contributed by atoms with Crippen molar-refractivity contribution in [2.24, 2.45) is 0 Å². The summed E-state index contributed by atoms with van der Waals surface area (Å²) < 4.78 is 5.05. The number of amides is 2. The molecule has 2 heterocycles.